The average molecular weight is 353 g/mol. The minimum atomic E-state index is -0.462. The number of rotatable bonds is 4. The van der Waals surface area contributed by atoms with Crippen LogP contribution in [0, 0.1) is 0 Å². The second-order valence-corrected chi connectivity index (χ2v) is 6.23. The normalized spacial score (nSPS) is 10.9. The van der Waals surface area contributed by atoms with Crippen LogP contribution >= 0.6 is 0 Å². The molecule has 1 heterocycles. The molecule has 0 aliphatic carbocycles. The van der Waals surface area contributed by atoms with Gasteiger partial charge in [0.25, 0.3) is 0 Å². The molecule has 0 saturated carbocycles. The molecule has 0 unspecified atom stereocenters. The predicted octanol–water partition coefficient (Wildman–Crippen LogP) is 4.02. The number of urea groups is 1. The van der Waals surface area contributed by atoms with Gasteiger partial charge in [0.05, 0.1) is 5.52 Å². The number of Topliss-reactive ketones (excluding diaryl/α,β-unsaturated/α-hetero) is 1. The summed E-state index contributed by atoms with van der Waals surface area (Å²) in [5.41, 5.74) is 2.59. The number of benzene rings is 2. The third-order valence-corrected chi connectivity index (χ3v) is 3.91. The molecule has 0 aliphatic rings. The summed E-state index contributed by atoms with van der Waals surface area (Å²) in [6.07, 6.45) is 0. The van der Waals surface area contributed by atoms with Crippen molar-refractivity contribution in [3.8, 4) is 0 Å². The first-order valence-electron chi connectivity index (χ1n) is 8.19. The highest BCUT2D eigenvalue weighted by atomic mass is 16.4. The number of ketones is 1. The Morgan fingerprint density at radius 1 is 1.04 bits per heavy atom. The average Bonchev–Trinajstić information content (AvgIpc) is 2.90. The molecular formula is C19H19N3O4. The molecule has 26 heavy (non-hydrogen) atoms. The molecule has 2 N–H and O–H groups in total. The Morgan fingerprint density at radius 3 is 2.38 bits per heavy atom. The van der Waals surface area contributed by atoms with Crippen LogP contribution in [-0.4, -0.2) is 16.4 Å². The van der Waals surface area contributed by atoms with Crippen molar-refractivity contribution >= 4 is 34.3 Å². The number of hydrogen-bond acceptors (Lipinski definition) is 4. The summed E-state index contributed by atoms with van der Waals surface area (Å²) in [5, 5.41) is 5.35. The van der Waals surface area contributed by atoms with Crippen molar-refractivity contribution in [2.45, 2.75) is 26.8 Å². The summed E-state index contributed by atoms with van der Waals surface area (Å²) in [6, 6.07) is 11.2. The molecule has 0 radical (unpaired) electrons. The van der Waals surface area contributed by atoms with E-state index in [2.05, 4.69) is 10.6 Å². The Morgan fingerprint density at radius 2 is 1.73 bits per heavy atom. The maximum atomic E-state index is 12.2. The van der Waals surface area contributed by atoms with Crippen molar-refractivity contribution in [3.63, 3.8) is 0 Å². The van der Waals surface area contributed by atoms with Gasteiger partial charge in [-0.3, -0.25) is 9.36 Å². The van der Waals surface area contributed by atoms with E-state index in [0.29, 0.717) is 28.0 Å². The van der Waals surface area contributed by atoms with Crippen LogP contribution in [-0.2, 0) is 0 Å². The van der Waals surface area contributed by atoms with Crippen LogP contribution in [0.15, 0.2) is 51.7 Å². The number of fused-ring (bicyclic) bond motifs is 1. The lowest BCUT2D eigenvalue weighted by Crippen LogP contribution is -2.19. The van der Waals surface area contributed by atoms with E-state index in [0.717, 1.165) is 0 Å². The van der Waals surface area contributed by atoms with E-state index in [9.17, 15) is 14.4 Å². The van der Waals surface area contributed by atoms with Gasteiger partial charge in [0.1, 0.15) is 0 Å². The molecule has 3 rings (SSSR count). The minimum absolute atomic E-state index is 0.0283. The lowest BCUT2D eigenvalue weighted by molar-refractivity contribution is 0.101. The van der Waals surface area contributed by atoms with Gasteiger partial charge < -0.3 is 15.1 Å². The fourth-order valence-corrected chi connectivity index (χ4v) is 2.71. The molecule has 1 aromatic heterocycles. The Balaban J connectivity index is 1.78. The molecule has 7 heteroatoms. The molecule has 0 spiro atoms. The third kappa shape index (κ3) is 3.51. The maximum Gasteiger partial charge on any atom is 0.420 e. The topological polar surface area (TPSA) is 93.3 Å². The van der Waals surface area contributed by atoms with E-state index >= 15 is 0 Å². The van der Waals surface area contributed by atoms with Crippen molar-refractivity contribution in [2.75, 3.05) is 10.6 Å². The van der Waals surface area contributed by atoms with Gasteiger partial charge in [0.2, 0.25) is 0 Å². The van der Waals surface area contributed by atoms with E-state index < -0.39 is 11.8 Å². The molecule has 0 bridgehead atoms. The second kappa shape index (κ2) is 6.87. The van der Waals surface area contributed by atoms with Crippen LogP contribution in [0.5, 0.6) is 0 Å². The summed E-state index contributed by atoms with van der Waals surface area (Å²) in [7, 11) is 0. The second-order valence-electron chi connectivity index (χ2n) is 6.23. The Hall–Kier alpha value is -3.35. The van der Waals surface area contributed by atoms with Crippen molar-refractivity contribution in [3.05, 3.63) is 58.6 Å². The number of oxazole rings is 1. The molecule has 2 aromatic carbocycles. The van der Waals surface area contributed by atoms with Crippen LogP contribution in [0.2, 0.25) is 0 Å². The highest BCUT2D eigenvalue weighted by molar-refractivity contribution is 6.02. The fraction of sp³-hybridized carbons (Fsp3) is 0.211. The van der Waals surface area contributed by atoms with Crippen molar-refractivity contribution < 1.29 is 14.0 Å². The predicted molar refractivity (Wildman–Crippen MR) is 99.9 cm³/mol. The number of amides is 2. The summed E-state index contributed by atoms with van der Waals surface area (Å²) >= 11 is 0. The molecule has 3 aromatic rings. The molecular weight excluding hydrogens is 334 g/mol. The van der Waals surface area contributed by atoms with Crippen LogP contribution in [0.25, 0.3) is 11.1 Å². The van der Waals surface area contributed by atoms with Gasteiger partial charge >= 0.3 is 11.8 Å². The first-order valence-corrected chi connectivity index (χ1v) is 8.19. The van der Waals surface area contributed by atoms with E-state index in [1.807, 2.05) is 13.8 Å². The summed E-state index contributed by atoms with van der Waals surface area (Å²) in [6.45, 7) is 5.25. The fourth-order valence-electron chi connectivity index (χ4n) is 2.71. The van der Waals surface area contributed by atoms with Gasteiger partial charge in [-0.25, -0.2) is 9.59 Å². The zero-order valence-electron chi connectivity index (χ0n) is 14.7. The smallest absolute Gasteiger partial charge is 0.408 e. The number of carbonyl (C=O) groups excluding carboxylic acids is 2. The van der Waals surface area contributed by atoms with Crippen molar-refractivity contribution in [1.82, 2.24) is 4.57 Å². The zero-order chi connectivity index (χ0) is 18.8. The maximum absolute atomic E-state index is 12.2. The summed E-state index contributed by atoms with van der Waals surface area (Å²) < 4.78 is 6.79. The summed E-state index contributed by atoms with van der Waals surface area (Å²) in [4.78, 5) is 35.5. The van der Waals surface area contributed by atoms with E-state index in [-0.39, 0.29) is 11.8 Å². The molecule has 0 saturated heterocycles. The van der Waals surface area contributed by atoms with Crippen LogP contribution in [0.4, 0.5) is 16.2 Å². The number of nitrogens with one attached hydrogen (secondary N) is 2. The van der Waals surface area contributed by atoms with E-state index in [1.54, 1.807) is 47.0 Å². The Bertz CT molecular complexity index is 1050. The summed E-state index contributed by atoms with van der Waals surface area (Å²) in [5.74, 6) is -0.512. The molecule has 0 fully saturated rings. The molecule has 0 atom stereocenters. The van der Waals surface area contributed by atoms with Gasteiger partial charge in [-0.05, 0) is 45.0 Å². The van der Waals surface area contributed by atoms with Crippen LogP contribution in [0.3, 0.4) is 0 Å². The largest absolute Gasteiger partial charge is 0.420 e. The molecule has 2 amide bonds. The first-order chi connectivity index (χ1) is 12.3. The zero-order valence-corrected chi connectivity index (χ0v) is 14.7. The first kappa shape index (κ1) is 17.5. The van der Waals surface area contributed by atoms with Gasteiger partial charge in [-0.2, -0.15) is 0 Å². The molecule has 7 nitrogen and oxygen atoms in total. The number of carbonyl (C=O) groups is 2. The standard InChI is InChI=1S/C19H19N3O4/c1-11(2)22-16-8-7-15(10-17(16)26-19(22)25)21-18(24)20-14-6-4-5-13(9-14)12(3)23/h4-11H,1-3H3,(H2,20,21,24). The third-order valence-electron chi connectivity index (χ3n) is 3.91. The highest BCUT2D eigenvalue weighted by Gasteiger charge is 2.13. The van der Waals surface area contributed by atoms with Gasteiger partial charge in [-0.1, -0.05) is 12.1 Å². The number of nitrogens with zero attached hydrogens (tertiary/aromatic N) is 1. The number of anilines is 2. The monoisotopic (exact) mass is 353 g/mol. The molecule has 0 aliphatic heterocycles. The van der Waals surface area contributed by atoms with Crippen LogP contribution in [0.1, 0.15) is 37.2 Å². The minimum Gasteiger partial charge on any atom is -0.408 e. The van der Waals surface area contributed by atoms with Gasteiger partial charge in [-0.15, -0.1) is 0 Å². The molecule has 134 valence electrons. The lowest BCUT2D eigenvalue weighted by atomic mass is 10.1. The van der Waals surface area contributed by atoms with E-state index in [4.69, 9.17) is 4.42 Å². The van der Waals surface area contributed by atoms with Crippen LogP contribution < -0.4 is 16.4 Å². The lowest BCUT2D eigenvalue weighted by Gasteiger charge is -2.09. The number of aromatic nitrogens is 1. The Kier molecular flexibility index (Phi) is 4.62. The van der Waals surface area contributed by atoms with Gasteiger partial charge in [0, 0.05) is 29.0 Å². The highest BCUT2D eigenvalue weighted by Crippen LogP contribution is 2.21. The quantitative estimate of drug-likeness (QED) is 0.693. The Labute approximate surface area is 149 Å². The van der Waals surface area contributed by atoms with Crippen molar-refractivity contribution in [1.29, 1.82) is 0 Å². The number of hydrogen-bond donors (Lipinski definition) is 2. The van der Waals surface area contributed by atoms with Crippen molar-refractivity contribution in [2.24, 2.45) is 0 Å². The SMILES string of the molecule is CC(=O)c1cccc(NC(=O)Nc2ccc3c(c2)oc(=O)n3C(C)C)c1. The van der Waals surface area contributed by atoms with E-state index in [1.165, 1.54) is 6.92 Å². The van der Waals surface area contributed by atoms with Gasteiger partial charge in [0.15, 0.2) is 11.4 Å².